The Morgan fingerprint density at radius 3 is 2.67 bits per heavy atom. The summed E-state index contributed by atoms with van der Waals surface area (Å²) in [5.74, 6) is 0.643. The van der Waals surface area contributed by atoms with Crippen LogP contribution in [0.2, 0.25) is 5.02 Å². The fourth-order valence-electron chi connectivity index (χ4n) is 3.99. The summed E-state index contributed by atoms with van der Waals surface area (Å²) in [6, 6.07) is 7.64. The van der Waals surface area contributed by atoms with Gasteiger partial charge in [0, 0.05) is 36.1 Å². The number of ether oxygens (including phenoxy) is 3. The molecule has 2 heterocycles. The molecule has 0 saturated carbocycles. The first kappa shape index (κ1) is 31.1. The highest BCUT2D eigenvalue weighted by Crippen LogP contribution is 2.35. The van der Waals surface area contributed by atoms with E-state index in [2.05, 4.69) is 24.9 Å². The van der Waals surface area contributed by atoms with Gasteiger partial charge < -0.3 is 19.5 Å². The number of rotatable bonds is 12. The first-order chi connectivity index (χ1) is 18.3. The summed E-state index contributed by atoms with van der Waals surface area (Å²) < 4.78 is 58.8. The van der Waals surface area contributed by atoms with Gasteiger partial charge in [-0.1, -0.05) is 11.6 Å². The van der Waals surface area contributed by atoms with Gasteiger partial charge in [-0.25, -0.2) is 27.5 Å². The highest BCUT2D eigenvalue weighted by Gasteiger charge is 2.22. The summed E-state index contributed by atoms with van der Waals surface area (Å²) in [4.78, 5) is 10.7. The minimum absolute atomic E-state index is 0. The van der Waals surface area contributed by atoms with Gasteiger partial charge in [-0.15, -0.1) is 12.4 Å². The van der Waals surface area contributed by atoms with E-state index in [1.807, 2.05) is 0 Å². The molecule has 0 radical (unpaired) electrons. The summed E-state index contributed by atoms with van der Waals surface area (Å²) in [5, 5.41) is 3.29. The number of fused-ring (bicyclic) bond motifs is 1. The quantitative estimate of drug-likeness (QED) is 0.296. The standard InChI is InChI=1S/C25H31ClFN5O5S.ClH/c1-17(5-7-32-8-11-36-12-9-32)38(33,34)30-6-10-37-24-15-22-19(14-23(24)35-2)25(29-16-28-22)31-21-4-3-18(26)13-20(21)27;/h3-4,13-17,30H,5-12H2,1-2H3,(H,28,29,31);1H. The van der Waals surface area contributed by atoms with Crippen molar-refractivity contribution in [1.82, 2.24) is 19.6 Å². The molecule has 10 nitrogen and oxygen atoms in total. The minimum Gasteiger partial charge on any atom is -0.493 e. The lowest BCUT2D eigenvalue weighted by molar-refractivity contribution is 0.0374. The molecule has 0 spiro atoms. The fraction of sp³-hybridized carbons (Fsp3) is 0.440. The molecule has 39 heavy (non-hydrogen) atoms. The first-order valence-electron chi connectivity index (χ1n) is 12.2. The number of nitrogens with one attached hydrogen (secondary N) is 2. The molecule has 0 aliphatic carbocycles. The molecular weight excluding hydrogens is 572 g/mol. The van der Waals surface area contributed by atoms with Crippen molar-refractivity contribution in [3.63, 3.8) is 0 Å². The average Bonchev–Trinajstić information content (AvgIpc) is 2.91. The molecule has 4 rings (SSSR count). The number of morpholine rings is 1. The molecule has 1 aromatic heterocycles. The number of anilines is 2. The topological polar surface area (TPSA) is 115 Å². The van der Waals surface area contributed by atoms with Crippen molar-refractivity contribution >= 4 is 56.4 Å². The molecule has 3 aromatic rings. The highest BCUT2D eigenvalue weighted by molar-refractivity contribution is 7.90. The third-order valence-corrected chi connectivity index (χ3v) is 8.39. The molecule has 1 atom stereocenters. The molecule has 214 valence electrons. The van der Waals surface area contributed by atoms with Gasteiger partial charge in [0.2, 0.25) is 10.0 Å². The Labute approximate surface area is 238 Å². The van der Waals surface area contributed by atoms with Crippen LogP contribution in [-0.4, -0.2) is 81.6 Å². The van der Waals surface area contributed by atoms with E-state index in [1.54, 1.807) is 25.1 Å². The van der Waals surface area contributed by atoms with Gasteiger partial charge in [-0.05, 0) is 44.2 Å². The van der Waals surface area contributed by atoms with E-state index < -0.39 is 21.1 Å². The zero-order valence-electron chi connectivity index (χ0n) is 21.7. The summed E-state index contributed by atoms with van der Waals surface area (Å²) in [6.45, 7) is 5.60. The van der Waals surface area contributed by atoms with Gasteiger partial charge in [0.15, 0.2) is 11.5 Å². The van der Waals surface area contributed by atoms with Gasteiger partial charge in [0.05, 0.1) is 36.8 Å². The predicted octanol–water partition coefficient (Wildman–Crippen LogP) is 4.01. The van der Waals surface area contributed by atoms with Gasteiger partial charge in [-0.3, -0.25) is 4.90 Å². The second-order valence-electron chi connectivity index (χ2n) is 8.83. The number of methoxy groups -OCH3 is 1. The number of halogens is 3. The summed E-state index contributed by atoms with van der Waals surface area (Å²) in [5.41, 5.74) is 0.741. The Balaban J connectivity index is 0.00000420. The molecule has 2 aromatic carbocycles. The molecule has 1 aliphatic heterocycles. The van der Waals surface area contributed by atoms with Crippen molar-refractivity contribution in [2.24, 2.45) is 0 Å². The van der Waals surface area contributed by atoms with Gasteiger partial charge >= 0.3 is 0 Å². The third-order valence-electron chi connectivity index (χ3n) is 6.25. The number of benzene rings is 2. The van der Waals surface area contributed by atoms with E-state index in [1.165, 1.54) is 25.6 Å². The summed E-state index contributed by atoms with van der Waals surface area (Å²) >= 11 is 5.84. The van der Waals surface area contributed by atoms with Crippen molar-refractivity contribution in [3.05, 3.63) is 47.5 Å². The van der Waals surface area contributed by atoms with Crippen LogP contribution < -0.4 is 19.5 Å². The van der Waals surface area contributed by atoms with E-state index >= 15 is 0 Å². The Bertz CT molecular complexity index is 1360. The molecular formula is C25H32Cl2FN5O5S. The first-order valence-corrected chi connectivity index (χ1v) is 14.2. The van der Waals surface area contributed by atoms with Crippen LogP contribution in [0.5, 0.6) is 11.5 Å². The van der Waals surface area contributed by atoms with E-state index in [-0.39, 0.29) is 36.3 Å². The Hall–Kier alpha value is -2.48. The number of sulfonamides is 1. The number of nitrogens with zero attached hydrogens (tertiary/aromatic N) is 3. The van der Waals surface area contributed by atoms with Gasteiger partial charge in [-0.2, -0.15) is 0 Å². The maximum absolute atomic E-state index is 14.3. The van der Waals surface area contributed by atoms with Gasteiger partial charge in [0.25, 0.3) is 0 Å². The Morgan fingerprint density at radius 2 is 1.95 bits per heavy atom. The molecule has 1 aliphatic rings. The van der Waals surface area contributed by atoms with Crippen LogP contribution in [0.15, 0.2) is 36.7 Å². The highest BCUT2D eigenvalue weighted by atomic mass is 35.5. The molecule has 1 unspecified atom stereocenters. The average molecular weight is 605 g/mol. The second kappa shape index (κ2) is 14.2. The lowest BCUT2D eigenvalue weighted by Crippen LogP contribution is -2.40. The SMILES string of the molecule is COc1cc2c(Nc3ccc(Cl)cc3F)ncnc2cc1OCCNS(=O)(=O)C(C)CCN1CCOCC1.Cl. The summed E-state index contributed by atoms with van der Waals surface area (Å²) in [7, 11) is -2.01. The van der Waals surface area contributed by atoms with E-state index in [9.17, 15) is 12.8 Å². The maximum Gasteiger partial charge on any atom is 0.214 e. The Kier molecular flexibility index (Phi) is 11.3. The molecule has 2 N–H and O–H groups in total. The lowest BCUT2D eigenvalue weighted by Gasteiger charge is -2.27. The fourth-order valence-corrected chi connectivity index (χ4v) is 5.21. The molecule has 0 amide bonds. The van der Waals surface area contributed by atoms with Crippen molar-refractivity contribution < 1.29 is 27.0 Å². The monoisotopic (exact) mass is 603 g/mol. The minimum atomic E-state index is -3.49. The van der Waals surface area contributed by atoms with Crippen LogP contribution in [0.3, 0.4) is 0 Å². The van der Waals surface area contributed by atoms with Crippen molar-refractivity contribution in [2.75, 3.05) is 58.4 Å². The zero-order chi connectivity index (χ0) is 27.1. The normalized spacial score (nSPS) is 15.0. The largest absolute Gasteiger partial charge is 0.493 e. The van der Waals surface area contributed by atoms with Crippen molar-refractivity contribution in [3.8, 4) is 11.5 Å². The number of hydrogen-bond donors (Lipinski definition) is 2. The van der Waals surface area contributed by atoms with E-state index in [0.717, 1.165) is 13.1 Å². The van der Waals surface area contributed by atoms with Crippen LogP contribution in [-0.2, 0) is 14.8 Å². The van der Waals surface area contributed by atoms with Gasteiger partial charge in [0.1, 0.15) is 24.6 Å². The number of aromatic nitrogens is 2. The van der Waals surface area contributed by atoms with Crippen LogP contribution in [0.4, 0.5) is 15.9 Å². The molecule has 1 fully saturated rings. The summed E-state index contributed by atoms with van der Waals surface area (Å²) in [6.07, 6.45) is 1.88. The van der Waals surface area contributed by atoms with Crippen molar-refractivity contribution in [2.45, 2.75) is 18.6 Å². The predicted molar refractivity (Wildman–Crippen MR) is 152 cm³/mol. The Morgan fingerprint density at radius 1 is 1.18 bits per heavy atom. The van der Waals surface area contributed by atoms with E-state index in [4.69, 9.17) is 25.8 Å². The van der Waals surface area contributed by atoms with Crippen LogP contribution in [0, 0.1) is 5.82 Å². The van der Waals surface area contributed by atoms with Crippen LogP contribution >= 0.6 is 24.0 Å². The smallest absolute Gasteiger partial charge is 0.214 e. The van der Waals surface area contributed by atoms with E-state index in [0.29, 0.717) is 54.4 Å². The second-order valence-corrected chi connectivity index (χ2v) is 11.5. The molecule has 14 heteroatoms. The zero-order valence-corrected chi connectivity index (χ0v) is 24.0. The third kappa shape index (κ3) is 8.26. The molecule has 0 bridgehead atoms. The molecule has 1 saturated heterocycles. The number of hydrogen-bond acceptors (Lipinski definition) is 9. The van der Waals surface area contributed by atoms with Crippen LogP contribution in [0.1, 0.15) is 13.3 Å². The maximum atomic E-state index is 14.3. The lowest BCUT2D eigenvalue weighted by atomic mass is 10.2. The van der Waals surface area contributed by atoms with Crippen LogP contribution in [0.25, 0.3) is 10.9 Å². The van der Waals surface area contributed by atoms with Crippen molar-refractivity contribution in [1.29, 1.82) is 0 Å².